The van der Waals surface area contributed by atoms with E-state index >= 15 is 0 Å². The Bertz CT molecular complexity index is 665. The van der Waals surface area contributed by atoms with Crippen molar-refractivity contribution in [2.24, 2.45) is 34.5 Å². The smallest absolute Gasteiger partial charge is 0.0823 e. The minimum absolute atomic E-state index is 0.103. The molecule has 0 bridgehead atoms. The van der Waals surface area contributed by atoms with Crippen LogP contribution < -0.4 is 0 Å². The molecule has 2 heterocycles. The van der Waals surface area contributed by atoms with Gasteiger partial charge in [-0.15, -0.1) is 0 Å². The minimum atomic E-state index is -0.103. The predicted octanol–water partition coefficient (Wildman–Crippen LogP) is 6.06. The van der Waals surface area contributed by atoms with Crippen molar-refractivity contribution in [3.63, 3.8) is 0 Å². The molecule has 3 nitrogen and oxygen atoms in total. The first-order valence-electron chi connectivity index (χ1n) is 14.7. The Morgan fingerprint density at radius 1 is 0.688 bits per heavy atom. The van der Waals surface area contributed by atoms with Gasteiger partial charge in [-0.3, -0.25) is 9.80 Å². The summed E-state index contributed by atoms with van der Waals surface area (Å²) in [6, 6.07) is 0. The van der Waals surface area contributed by atoms with Crippen LogP contribution in [-0.4, -0.2) is 52.9 Å². The van der Waals surface area contributed by atoms with Gasteiger partial charge in [-0.25, -0.2) is 0 Å². The van der Waals surface area contributed by atoms with Crippen LogP contribution in [0.25, 0.3) is 0 Å². The summed E-state index contributed by atoms with van der Waals surface area (Å²) in [6.07, 6.45) is 20.5. The number of aliphatic hydroxyl groups excluding tert-OH is 1. The third-order valence-electron chi connectivity index (χ3n) is 12.4. The Labute approximate surface area is 197 Å². The van der Waals surface area contributed by atoms with Crippen LogP contribution in [-0.2, 0) is 0 Å². The van der Waals surface area contributed by atoms with Crippen LogP contribution in [0.15, 0.2) is 0 Å². The highest BCUT2D eigenvalue weighted by Gasteiger charge is 2.68. The Morgan fingerprint density at radius 2 is 1.34 bits per heavy atom. The van der Waals surface area contributed by atoms with Crippen LogP contribution in [0.4, 0.5) is 0 Å². The van der Waals surface area contributed by atoms with Gasteiger partial charge in [0.1, 0.15) is 0 Å². The lowest BCUT2D eigenvalue weighted by Crippen LogP contribution is -2.77. The number of hydrogen-bond acceptors (Lipinski definition) is 3. The molecule has 0 amide bonds. The van der Waals surface area contributed by atoms with E-state index in [1.807, 2.05) is 0 Å². The largest absolute Gasteiger partial charge is 0.393 e. The zero-order valence-corrected chi connectivity index (χ0v) is 21.2. The summed E-state index contributed by atoms with van der Waals surface area (Å²) >= 11 is 0. The molecule has 4 saturated carbocycles. The zero-order valence-electron chi connectivity index (χ0n) is 21.2. The summed E-state index contributed by atoms with van der Waals surface area (Å²) in [5.41, 5.74) is 1.08. The maximum Gasteiger partial charge on any atom is 0.0823 e. The number of rotatable bonds is 2. The van der Waals surface area contributed by atoms with Gasteiger partial charge >= 0.3 is 0 Å². The van der Waals surface area contributed by atoms with Crippen molar-refractivity contribution in [2.45, 2.75) is 122 Å². The van der Waals surface area contributed by atoms with E-state index in [2.05, 4.69) is 23.6 Å². The molecule has 6 rings (SSSR count). The first-order chi connectivity index (χ1) is 15.5. The fraction of sp³-hybridized carbons (Fsp3) is 1.00. The van der Waals surface area contributed by atoms with Gasteiger partial charge < -0.3 is 5.11 Å². The Morgan fingerprint density at radius 3 is 2.00 bits per heavy atom. The number of aliphatic hydroxyl groups is 1. The molecule has 6 aliphatic rings. The standard InChI is InChI=1S/C29H50N2O/c1-27-14-9-10-25(27)24-12-11-22-20-23(32)21-29(30-16-5-3-6-17-30,31-18-7-4-8-19-31)28(22,2)26(24)13-15-27/h22-26,32H,3-21H2,1-2H3/t22-,23-,24-,25-,26-,27-,28-/m0/s1. The second-order valence-corrected chi connectivity index (χ2v) is 13.5. The molecule has 0 aromatic rings. The SMILES string of the molecule is C[C@@]12CCC[C@H]1[C@@H]1CC[C@H]3C[C@H](O)CC(N4CCCCC4)(N4CCCCC4)[C@]3(C)[C@H]1CC2. The zero-order chi connectivity index (χ0) is 22.0. The van der Waals surface area contributed by atoms with E-state index in [4.69, 9.17) is 0 Å². The Hall–Kier alpha value is -0.120. The fourth-order valence-electron chi connectivity index (χ4n) is 11.0. The average Bonchev–Trinajstić information content (AvgIpc) is 3.22. The van der Waals surface area contributed by atoms with Crippen molar-refractivity contribution >= 4 is 0 Å². The Balaban J connectivity index is 1.46. The van der Waals surface area contributed by atoms with Gasteiger partial charge in [-0.05, 0) is 126 Å². The molecule has 4 aliphatic carbocycles. The quantitative estimate of drug-likeness (QED) is 0.563. The highest BCUT2D eigenvalue weighted by atomic mass is 16.3. The molecule has 1 N–H and O–H groups in total. The molecule has 0 radical (unpaired) electrons. The van der Waals surface area contributed by atoms with Gasteiger partial charge in [0.15, 0.2) is 0 Å². The monoisotopic (exact) mass is 442 g/mol. The van der Waals surface area contributed by atoms with E-state index < -0.39 is 0 Å². The Kier molecular flexibility index (Phi) is 5.75. The molecule has 0 unspecified atom stereocenters. The van der Waals surface area contributed by atoms with Gasteiger partial charge in [0.2, 0.25) is 0 Å². The van der Waals surface area contributed by atoms with Crippen LogP contribution in [0.2, 0.25) is 0 Å². The number of piperidine rings is 2. The number of nitrogens with zero attached hydrogens (tertiary/aromatic N) is 2. The fourth-order valence-corrected chi connectivity index (χ4v) is 11.0. The number of fused-ring (bicyclic) bond motifs is 5. The summed E-state index contributed by atoms with van der Waals surface area (Å²) in [5.74, 6) is 3.50. The van der Waals surface area contributed by atoms with E-state index in [0.717, 1.165) is 30.6 Å². The van der Waals surface area contributed by atoms with Crippen molar-refractivity contribution in [3.05, 3.63) is 0 Å². The van der Waals surface area contributed by atoms with Crippen LogP contribution in [0.3, 0.4) is 0 Å². The molecule has 2 aliphatic heterocycles. The molecule has 6 fully saturated rings. The lowest BCUT2D eigenvalue weighted by molar-refractivity contribution is -0.265. The molecular formula is C29H50N2O. The van der Waals surface area contributed by atoms with Crippen molar-refractivity contribution < 1.29 is 5.11 Å². The first-order valence-corrected chi connectivity index (χ1v) is 14.7. The van der Waals surface area contributed by atoms with Gasteiger partial charge in [0.25, 0.3) is 0 Å². The molecule has 0 aromatic carbocycles. The van der Waals surface area contributed by atoms with Crippen molar-refractivity contribution in [2.75, 3.05) is 26.2 Å². The van der Waals surface area contributed by atoms with Crippen molar-refractivity contribution in [3.8, 4) is 0 Å². The molecule has 7 atom stereocenters. The summed E-state index contributed by atoms with van der Waals surface area (Å²) in [4.78, 5) is 5.95. The minimum Gasteiger partial charge on any atom is -0.393 e. The van der Waals surface area contributed by atoms with Crippen LogP contribution in [0.5, 0.6) is 0 Å². The molecule has 0 spiro atoms. The van der Waals surface area contributed by atoms with E-state index in [9.17, 15) is 5.11 Å². The molecule has 3 heteroatoms. The summed E-state index contributed by atoms with van der Waals surface area (Å²) in [5, 5.41) is 11.4. The predicted molar refractivity (Wildman–Crippen MR) is 131 cm³/mol. The van der Waals surface area contributed by atoms with Crippen molar-refractivity contribution in [1.82, 2.24) is 9.80 Å². The van der Waals surface area contributed by atoms with Gasteiger partial charge in [0, 0.05) is 11.8 Å². The van der Waals surface area contributed by atoms with E-state index in [0.29, 0.717) is 16.7 Å². The highest BCUT2D eigenvalue weighted by molar-refractivity contribution is 5.18. The number of likely N-dealkylation sites (tertiary alicyclic amines) is 2. The van der Waals surface area contributed by atoms with E-state index in [1.54, 1.807) is 0 Å². The number of hydrogen-bond donors (Lipinski definition) is 1. The molecule has 0 aromatic heterocycles. The van der Waals surface area contributed by atoms with Crippen molar-refractivity contribution in [1.29, 1.82) is 0 Å². The topological polar surface area (TPSA) is 26.7 Å². The van der Waals surface area contributed by atoms with Gasteiger partial charge in [0.05, 0.1) is 11.8 Å². The second kappa shape index (κ2) is 8.23. The van der Waals surface area contributed by atoms with Gasteiger partial charge in [-0.1, -0.05) is 33.1 Å². The molecule has 2 saturated heterocycles. The molecule has 32 heavy (non-hydrogen) atoms. The average molecular weight is 443 g/mol. The molecule has 182 valence electrons. The van der Waals surface area contributed by atoms with E-state index in [-0.39, 0.29) is 11.8 Å². The van der Waals surface area contributed by atoms with Gasteiger partial charge in [-0.2, -0.15) is 0 Å². The lowest BCUT2D eigenvalue weighted by Gasteiger charge is -2.72. The third-order valence-corrected chi connectivity index (χ3v) is 12.4. The maximum atomic E-state index is 11.4. The summed E-state index contributed by atoms with van der Waals surface area (Å²) in [7, 11) is 0. The molecular weight excluding hydrogens is 392 g/mol. The normalized spacial score (nSPS) is 49.8. The van der Waals surface area contributed by atoms with Crippen LogP contribution >= 0.6 is 0 Å². The second-order valence-electron chi connectivity index (χ2n) is 13.5. The maximum absolute atomic E-state index is 11.4. The summed E-state index contributed by atoms with van der Waals surface area (Å²) < 4.78 is 0. The highest BCUT2D eigenvalue weighted by Crippen LogP contribution is 2.69. The summed E-state index contributed by atoms with van der Waals surface area (Å²) in [6.45, 7) is 10.5. The van der Waals surface area contributed by atoms with Crippen LogP contribution in [0.1, 0.15) is 110 Å². The first kappa shape index (κ1) is 22.4. The van der Waals surface area contributed by atoms with E-state index in [1.165, 1.54) is 110 Å². The lowest BCUT2D eigenvalue weighted by atomic mass is 9.42. The van der Waals surface area contributed by atoms with Crippen LogP contribution in [0, 0.1) is 34.5 Å². The third kappa shape index (κ3) is 3.08.